The summed E-state index contributed by atoms with van der Waals surface area (Å²) in [7, 11) is 0. The molecule has 0 unspecified atom stereocenters. The van der Waals surface area contributed by atoms with E-state index in [2.05, 4.69) is 16.7 Å². The summed E-state index contributed by atoms with van der Waals surface area (Å²) in [6, 6.07) is 7.55. The van der Waals surface area contributed by atoms with Gasteiger partial charge in [0, 0.05) is 6.04 Å². The van der Waals surface area contributed by atoms with Gasteiger partial charge in [0.05, 0.1) is 22.7 Å². The standard InChI is InChI=1S/C16H19Cl2N3O/c1-10(11-3-6-13(17)14(18)7-11)20-8-15(22)21-16(2,9-19)12-4-5-12/h3,6-7,10,12,20H,4-5,8H2,1-2H3,(H,21,22)/t10-,16-/m0/s1. The van der Waals surface area contributed by atoms with E-state index in [-0.39, 0.29) is 24.4 Å². The number of amides is 1. The van der Waals surface area contributed by atoms with Gasteiger partial charge >= 0.3 is 0 Å². The second-order valence-electron chi connectivity index (χ2n) is 5.91. The zero-order chi connectivity index (χ0) is 16.3. The zero-order valence-corrected chi connectivity index (χ0v) is 14.1. The van der Waals surface area contributed by atoms with Crippen LogP contribution in [0, 0.1) is 17.2 Å². The van der Waals surface area contributed by atoms with Crippen molar-refractivity contribution in [2.24, 2.45) is 5.92 Å². The van der Waals surface area contributed by atoms with E-state index < -0.39 is 5.54 Å². The van der Waals surface area contributed by atoms with Crippen LogP contribution in [0.1, 0.15) is 38.3 Å². The molecule has 1 saturated carbocycles. The number of nitrogens with zero attached hydrogens (tertiary/aromatic N) is 1. The molecule has 0 heterocycles. The number of nitrogens with one attached hydrogen (secondary N) is 2. The number of nitriles is 1. The van der Waals surface area contributed by atoms with Crippen molar-refractivity contribution in [2.45, 2.75) is 38.3 Å². The minimum Gasteiger partial charge on any atom is -0.337 e. The third-order valence-corrected chi connectivity index (χ3v) is 4.78. The van der Waals surface area contributed by atoms with Gasteiger partial charge in [-0.25, -0.2) is 0 Å². The molecule has 1 aromatic rings. The van der Waals surface area contributed by atoms with Gasteiger partial charge < -0.3 is 10.6 Å². The Morgan fingerprint density at radius 2 is 2.14 bits per heavy atom. The maximum atomic E-state index is 12.0. The van der Waals surface area contributed by atoms with Crippen LogP contribution in [0.5, 0.6) is 0 Å². The fraction of sp³-hybridized carbons (Fsp3) is 0.500. The van der Waals surface area contributed by atoms with Gasteiger partial charge in [-0.15, -0.1) is 0 Å². The van der Waals surface area contributed by atoms with E-state index in [1.165, 1.54) is 0 Å². The second kappa shape index (κ2) is 6.87. The van der Waals surface area contributed by atoms with Crippen molar-refractivity contribution in [3.63, 3.8) is 0 Å². The van der Waals surface area contributed by atoms with Gasteiger partial charge in [0.1, 0.15) is 5.54 Å². The second-order valence-corrected chi connectivity index (χ2v) is 6.73. The summed E-state index contributed by atoms with van der Waals surface area (Å²) in [5, 5.41) is 16.2. The predicted octanol–water partition coefficient (Wildman–Crippen LogP) is 3.45. The molecular formula is C16H19Cl2N3O. The Labute approximate surface area is 140 Å². The molecule has 0 radical (unpaired) electrons. The number of carbonyl (C=O) groups is 1. The van der Waals surface area contributed by atoms with E-state index >= 15 is 0 Å². The topological polar surface area (TPSA) is 64.9 Å². The summed E-state index contributed by atoms with van der Waals surface area (Å²) >= 11 is 11.9. The molecule has 0 bridgehead atoms. The highest BCUT2D eigenvalue weighted by molar-refractivity contribution is 6.42. The Bertz CT molecular complexity index is 610. The first-order valence-corrected chi connectivity index (χ1v) is 8.02. The first kappa shape index (κ1) is 17.1. The lowest BCUT2D eigenvalue weighted by molar-refractivity contribution is -0.121. The third kappa shape index (κ3) is 4.13. The molecule has 118 valence electrons. The fourth-order valence-corrected chi connectivity index (χ4v) is 2.67. The SMILES string of the molecule is C[C@H](NCC(=O)N[C@@](C)(C#N)C1CC1)c1ccc(Cl)c(Cl)c1. The molecule has 2 N–H and O–H groups in total. The van der Waals surface area contributed by atoms with E-state index in [0.29, 0.717) is 10.0 Å². The van der Waals surface area contributed by atoms with E-state index in [9.17, 15) is 10.1 Å². The van der Waals surface area contributed by atoms with Gasteiger partial charge in [0.2, 0.25) is 5.91 Å². The van der Waals surface area contributed by atoms with Crippen LogP contribution in [-0.2, 0) is 4.79 Å². The van der Waals surface area contributed by atoms with Crippen molar-refractivity contribution in [3.05, 3.63) is 33.8 Å². The first-order chi connectivity index (χ1) is 10.4. The Morgan fingerprint density at radius 3 is 2.68 bits per heavy atom. The summed E-state index contributed by atoms with van der Waals surface area (Å²) in [4.78, 5) is 12.0. The molecule has 1 aliphatic rings. The highest BCUT2D eigenvalue weighted by atomic mass is 35.5. The number of halogens is 2. The van der Waals surface area contributed by atoms with E-state index in [4.69, 9.17) is 23.2 Å². The highest BCUT2D eigenvalue weighted by Gasteiger charge is 2.42. The quantitative estimate of drug-likeness (QED) is 0.834. The number of benzene rings is 1. The van der Waals surface area contributed by atoms with Crippen molar-refractivity contribution >= 4 is 29.1 Å². The average molecular weight is 340 g/mol. The summed E-state index contributed by atoms with van der Waals surface area (Å²) in [5.41, 5.74) is 0.193. The normalized spacial score (nSPS) is 18.1. The van der Waals surface area contributed by atoms with Crippen molar-refractivity contribution in [3.8, 4) is 6.07 Å². The predicted molar refractivity (Wildman–Crippen MR) is 87.8 cm³/mol. The minimum absolute atomic E-state index is 0.0465. The molecule has 1 amide bonds. The van der Waals surface area contributed by atoms with Crippen molar-refractivity contribution in [1.82, 2.24) is 10.6 Å². The van der Waals surface area contributed by atoms with Gasteiger partial charge in [-0.2, -0.15) is 5.26 Å². The number of carbonyl (C=O) groups excluding carboxylic acids is 1. The minimum atomic E-state index is -0.758. The molecule has 2 atom stereocenters. The summed E-state index contributed by atoms with van der Waals surface area (Å²) in [6.45, 7) is 3.87. The van der Waals surface area contributed by atoms with Gasteiger partial charge in [-0.05, 0) is 50.3 Å². The van der Waals surface area contributed by atoms with Crippen LogP contribution < -0.4 is 10.6 Å². The van der Waals surface area contributed by atoms with Crippen molar-refractivity contribution in [1.29, 1.82) is 5.26 Å². The molecule has 22 heavy (non-hydrogen) atoms. The molecule has 6 heteroatoms. The van der Waals surface area contributed by atoms with Crippen LogP contribution in [0.15, 0.2) is 18.2 Å². The highest BCUT2D eigenvalue weighted by Crippen LogP contribution is 2.39. The average Bonchev–Trinajstić information content (AvgIpc) is 3.32. The monoisotopic (exact) mass is 339 g/mol. The summed E-state index contributed by atoms with van der Waals surface area (Å²) in [5.74, 6) is 0.0943. The van der Waals surface area contributed by atoms with Crippen LogP contribution in [0.3, 0.4) is 0 Å². The number of hydrogen-bond donors (Lipinski definition) is 2. The van der Waals surface area contributed by atoms with Crippen molar-refractivity contribution < 1.29 is 4.79 Å². The lowest BCUT2D eigenvalue weighted by atomic mass is 9.98. The fourth-order valence-electron chi connectivity index (χ4n) is 2.36. The molecule has 0 aromatic heterocycles. The smallest absolute Gasteiger partial charge is 0.235 e. The lowest BCUT2D eigenvalue weighted by Crippen LogP contribution is -2.49. The molecule has 1 fully saturated rings. The van der Waals surface area contributed by atoms with Crippen LogP contribution in [0.25, 0.3) is 0 Å². The molecule has 0 spiro atoms. The van der Waals surface area contributed by atoms with Gasteiger partial charge in [-0.1, -0.05) is 29.3 Å². The van der Waals surface area contributed by atoms with Gasteiger partial charge in [-0.3, -0.25) is 4.79 Å². The number of hydrogen-bond acceptors (Lipinski definition) is 3. The third-order valence-electron chi connectivity index (χ3n) is 4.04. The van der Waals surface area contributed by atoms with E-state index in [1.807, 2.05) is 13.0 Å². The van der Waals surface area contributed by atoms with Gasteiger partial charge in [0.25, 0.3) is 0 Å². The molecular weight excluding hydrogens is 321 g/mol. The maximum absolute atomic E-state index is 12.0. The summed E-state index contributed by atoms with van der Waals surface area (Å²) in [6.07, 6.45) is 1.99. The molecule has 4 nitrogen and oxygen atoms in total. The van der Waals surface area contributed by atoms with E-state index in [1.54, 1.807) is 19.1 Å². The Balaban J connectivity index is 1.87. The first-order valence-electron chi connectivity index (χ1n) is 7.26. The van der Waals surface area contributed by atoms with Crippen LogP contribution in [0.4, 0.5) is 0 Å². The Hall–Kier alpha value is -1.28. The maximum Gasteiger partial charge on any atom is 0.235 e. The van der Waals surface area contributed by atoms with Crippen LogP contribution in [0.2, 0.25) is 10.0 Å². The lowest BCUT2D eigenvalue weighted by Gasteiger charge is -2.23. The zero-order valence-electron chi connectivity index (χ0n) is 12.6. The Kier molecular flexibility index (Phi) is 5.33. The number of rotatable bonds is 6. The van der Waals surface area contributed by atoms with Crippen LogP contribution >= 0.6 is 23.2 Å². The summed E-state index contributed by atoms with van der Waals surface area (Å²) < 4.78 is 0. The van der Waals surface area contributed by atoms with Crippen LogP contribution in [-0.4, -0.2) is 18.0 Å². The molecule has 2 rings (SSSR count). The molecule has 1 aromatic carbocycles. The molecule has 0 aliphatic heterocycles. The van der Waals surface area contributed by atoms with Gasteiger partial charge in [0.15, 0.2) is 0 Å². The molecule has 1 aliphatic carbocycles. The van der Waals surface area contributed by atoms with Crippen molar-refractivity contribution in [2.75, 3.05) is 6.54 Å². The largest absolute Gasteiger partial charge is 0.337 e. The van der Waals surface area contributed by atoms with E-state index in [0.717, 1.165) is 18.4 Å². The Morgan fingerprint density at radius 1 is 1.45 bits per heavy atom. The molecule has 0 saturated heterocycles.